The molecule has 0 aromatic heterocycles. The fourth-order valence-corrected chi connectivity index (χ4v) is 2.01. The van der Waals surface area contributed by atoms with Crippen LogP contribution in [-0.4, -0.2) is 36.5 Å². The third-order valence-electron chi connectivity index (χ3n) is 2.72. The molecule has 3 nitrogen and oxygen atoms in total. The lowest BCUT2D eigenvalue weighted by molar-refractivity contribution is -0.133. The molecule has 1 saturated heterocycles. The van der Waals surface area contributed by atoms with Crippen molar-refractivity contribution in [2.75, 3.05) is 19.6 Å². The Bertz CT molecular complexity index is 176. The van der Waals surface area contributed by atoms with Crippen molar-refractivity contribution in [2.45, 2.75) is 45.6 Å². The molecule has 1 atom stereocenters. The summed E-state index contributed by atoms with van der Waals surface area (Å²) in [5, 5.41) is 3.31. The lowest BCUT2D eigenvalue weighted by Gasteiger charge is -2.28. The van der Waals surface area contributed by atoms with Gasteiger partial charge in [-0.1, -0.05) is 13.8 Å². The van der Waals surface area contributed by atoms with Gasteiger partial charge in [-0.15, -0.1) is 0 Å². The zero-order valence-corrected chi connectivity index (χ0v) is 9.38. The SMILES string of the molecule is CCCC(=O)N(CCC)C1CCNC1. The summed E-state index contributed by atoms with van der Waals surface area (Å²) in [5.74, 6) is 0.336. The first-order chi connectivity index (χ1) is 6.79. The van der Waals surface area contributed by atoms with Crippen molar-refractivity contribution in [1.29, 1.82) is 0 Å². The topological polar surface area (TPSA) is 32.3 Å². The first-order valence-electron chi connectivity index (χ1n) is 5.79. The molecule has 1 heterocycles. The monoisotopic (exact) mass is 198 g/mol. The maximum absolute atomic E-state index is 11.8. The maximum Gasteiger partial charge on any atom is 0.222 e. The largest absolute Gasteiger partial charge is 0.338 e. The van der Waals surface area contributed by atoms with E-state index in [2.05, 4.69) is 24.1 Å². The number of carbonyl (C=O) groups excluding carboxylic acids is 1. The van der Waals surface area contributed by atoms with E-state index < -0.39 is 0 Å². The third-order valence-corrected chi connectivity index (χ3v) is 2.72. The summed E-state index contributed by atoms with van der Waals surface area (Å²) in [4.78, 5) is 13.9. The summed E-state index contributed by atoms with van der Waals surface area (Å²) < 4.78 is 0. The van der Waals surface area contributed by atoms with Gasteiger partial charge in [-0.2, -0.15) is 0 Å². The molecule has 1 N–H and O–H groups in total. The Morgan fingerprint density at radius 1 is 1.43 bits per heavy atom. The molecule has 1 aliphatic rings. The van der Waals surface area contributed by atoms with Gasteiger partial charge in [-0.25, -0.2) is 0 Å². The van der Waals surface area contributed by atoms with Gasteiger partial charge < -0.3 is 10.2 Å². The lowest BCUT2D eigenvalue weighted by Crippen LogP contribution is -2.41. The zero-order valence-electron chi connectivity index (χ0n) is 9.38. The van der Waals surface area contributed by atoms with Crippen molar-refractivity contribution in [3.8, 4) is 0 Å². The van der Waals surface area contributed by atoms with Crippen LogP contribution in [0.2, 0.25) is 0 Å². The van der Waals surface area contributed by atoms with E-state index in [9.17, 15) is 4.79 Å². The molecule has 1 fully saturated rings. The molecule has 0 aliphatic carbocycles. The van der Waals surface area contributed by atoms with E-state index in [1.54, 1.807) is 0 Å². The minimum atomic E-state index is 0.336. The Morgan fingerprint density at radius 3 is 2.71 bits per heavy atom. The molecule has 1 amide bonds. The quantitative estimate of drug-likeness (QED) is 0.724. The summed E-state index contributed by atoms with van der Waals surface area (Å²) in [6, 6.07) is 0.453. The van der Waals surface area contributed by atoms with Crippen molar-refractivity contribution < 1.29 is 4.79 Å². The summed E-state index contributed by atoms with van der Waals surface area (Å²) in [6.45, 7) is 7.16. The Kier molecular flexibility index (Phi) is 4.94. The fourth-order valence-electron chi connectivity index (χ4n) is 2.01. The van der Waals surface area contributed by atoms with Gasteiger partial charge in [0.25, 0.3) is 0 Å². The highest BCUT2D eigenvalue weighted by atomic mass is 16.2. The van der Waals surface area contributed by atoms with Crippen molar-refractivity contribution in [1.82, 2.24) is 10.2 Å². The number of hydrogen-bond donors (Lipinski definition) is 1. The lowest BCUT2D eigenvalue weighted by atomic mass is 10.2. The van der Waals surface area contributed by atoms with Crippen LogP contribution >= 0.6 is 0 Å². The van der Waals surface area contributed by atoms with E-state index in [-0.39, 0.29) is 0 Å². The highest BCUT2D eigenvalue weighted by molar-refractivity contribution is 5.76. The number of amides is 1. The first kappa shape index (κ1) is 11.5. The molecule has 0 spiro atoms. The summed E-state index contributed by atoms with van der Waals surface area (Å²) in [5.41, 5.74) is 0. The van der Waals surface area contributed by atoms with Crippen LogP contribution in [0.25, 0.3) is 0 Å². The number of nitrogens with one attached hydrogen (secondary N) is 1. The normalized spacial score (nSPS) is 21.1. The van der Waals surface area contributed by atoms with Crippen LogP contribution in [0, 0.1) is 0 Å². The first-order valence-corrected chi connectivity index (χ1v) is 5.79. The zero-order chi connectivity index (χ0) is 10.4. The average molecular weight is 198 g/mol. The number of carbonyl (C=O) groups is 1. The second-order valence-electron chi connectivity index (χ2n) is 3.98. The number of rotatable bonds is 5. The van der Waals surface area contributed by atoms with E-state index >= 15 is 0 Å². The molecule has 0 saturated carbocycles. The molecule has 0 aromatic carbocycles. The van der Waals surface area contributed by atoms with Gasteiger partial charge in [0, 0.05) is 25.6 Å². The molecule has 82 valence electrons. The Morgan fingerprint density at radius 2 is 2.21 bits per heavy atom. The molecule has 1 unspecified atom stereocenters. The predicted octanol–water partition coefficient (Wildman–Crippen LogP) is 1.39. The smallest absolute Gasteiger partial charge is 0.222 e. The second kappa shape index (κ2) is 6.02. The van der Waals surface area contributed by atoms with Crippen LogP contribution in [0.3, 0.4) is 0 Å². The summed E-state index contributed by atoms with van der Waals surface area (Å²) in [6.07, 6.45) is 3.84. The third kappa shape index (κ3) is 2.98. The fraction of sp³-hybridized carbons (Fsp3) is 0.909. The molecule has 1 rings (SSSR count). The van der Waals surface area contributed by atoms with Crippen molar-refractivity contribution >= 4 is 5.91 Å². The van der Waals surface area contributed by atoms with Crippen LogP contribution < -0.4 is 5.32 Å². The Labute approximate surface area is 86.9 Å². The van der Waals surface area contributed by atoms with Crippen LogP contribution in [0.5, 0.6) is 0 Å². The van der Waals surface area contributed by atoms with E-state index in [0.29, 0.717) is 18.4 Å². The van der Waals surface area contributed by atoms with Gasteiger partial charge in [-0.3, -0.25) is 4.79 Å². The molecule has 3 heteroatoms. The van der Waals surface area contributed by atoms with E-state index in [4.69, 9.17) is 0 Å². The van der Waals surface area contributed by atoms with Gasteiger partial charge in [0.15, 0.2) is 0 Å². The highest BCUT2D eigenvalue weighted by Gasteiger charge is 2.24. The second-order valence-corrected chi connectivity index (χ2v) is 3.98. The van der Waals surface area contributed by atoms with E-state index in [1.165, 1.54) is 0 Å². The van der Waals surface area contributed by atoms with Crippen LogP contribution in [0.15, 0.2) is 0 Å². The maximum atomic E-state index is 11.8. The molecule has 1 aliphatic heterocycles. The van der Waals surface area contributed by atoms with E-state index in [1.807, 2.05) is 0 Å². The molecular weight excluding hydrogens is 176 g/mol. The van der Waals surface area contributed by atoms with Crippen molar-refractivity contribution in [3.63, 3.8) is 0 Å². The van der Waals surface area contributed by atoms with Crippen molar-refractivity contribution in [3.05, 3.63) is 0 Å². The van der Waals surface area contributed by atoms with Crippen LogP contribution in [-0.2, 0) is 4.79 Å². The predicted molar refractivity (Wildman–Crippen MR) is 58.2 cm³/mol. The summed E-state index contributed by atoms with van der Waals surface area (Å²) in [7, 11) is 0. The minimum Gasteiger partial charge on any atom is -0.338 e. The average Bonchev–Trinajstić information content (AvgIpc) is 2.67. The Hall–Kier alpha value is -0.570. The molecule has 0 aromatic rings. The van der Waals surface area contributed by atoms with Gasteiger partial charge in [0.2, 0.25) is 5.91 Å². The summed E-state index contributed by atoms with van der Waals surface area (Å²) >= 11 is 0. The Balaban J connectivity index is 2.48. The molecule has 14 heavy (non-hydrogen) atoms. The van der Waals surface area contributed by atoms with Crippen LogP contribution in [0.4, 0.5) is 0 Å². The number of hydrogen-bond acceptors (Lipinski definition) is 2. The minimum absolute atomic E-state index is 0.336. The van der Waals surface area contributed by atoms with Crippen molar-refractivity contribution in [2.24, 2.45) is 0 Å². The highest BCUT2D eigenvalue weighted by Crippen LogP contribution is 2.11. The van der Waals surface area contributed by atoms with Gasteiger partial charge in [0.1, 0.15) is 0 Å². The van der Waals surface area contributed by atoms with Gasteiger partial charge >= 0.3 is 0 Å². The van der Waals surface area contributed by atoms with Gasteiger partial charge in [-0.05, 0) is 25.8 Å². The molecule has 0 bridgehead atoms. The molecular formula is C11H22N2O. The van der Waals surface area contributed by atoms with E-state index in [0.717, 1.165) is 38.9 Å². The molecule has 0 radical (unpaired) electrons. The standard InChI is InChI=1S/C11H22N2O/c1-3-5-11(14)13(8-4-2)10-6-7-12-9-10/h10,12H,3-9H2,1-2H3. The van der Waals surface area contributed by atoms with Crippen LogP contribution in [0.1, 0.15) is 39.5 Å². The van der Waals surface area contributed by atoms with Gasteiger partial charge in [0.05, 0.1) is 0 Å². The number of nitrogens with zero attached hydrogens (tertiary/aromatic N) is 1.